The Bertz CT molecular complexity index is 699. The predicted octanol–water partition coefficient (Wildman–Crippen LogP) is 2.02. The van der Waals surface area contributed by atoms with Crippen LogP contribution >= 0.6 is 0 Å². The summed E-state index contributed by atoms with van der Waals surface area (Å²) in [5.41, 5.74) is 0.327. The Labute approximate surface area is 150 Å². The van der Waals surface area contributed by atoms with Gasteiger partial charge in [0.05, 0.1) is 4.92 Å². The maximum Gasteiger partial charge on any atom is 0.331 e. The lowest BCUT2D eigenvalue weighted by Gasteiger charge is -2.08. The van der Waals surface area contributed by atoms with Crippen LogP contribution in [0, 0.1) is 16.0 Å². The number of rotatable bonds is 8. The molecule has 26 heavy (non-hydrogen) atoms. The minimum Gasteiger partial charge on any atom is -0.452 e. The van der Waals surface area contributed by atoms with Gasteiger partial charge in [-0.05, 0) is 24.0 Å². The Hall–Kier alpha value is -3.23. The van der Waals surface area contributed by atoms with Crippen molar-refractivity contribution >= 4 is 29.7 Å². The van der Waals surface area contributed by atoms with Crippen molar-refractivity contribution in [3.8, 4) is 0 Å². The van der Waals surface area contributed by atoms with E-state index < -0.39 is 29.4 Å². The minimum absolute atomic E-state index is 0.108. The zero-order valence-electron chi connectivity index (χ0n) is 14.6. The van der Waals surface area contributed by atoms with Crippen LogP contribution in [0.4, 0.5) is 10.5 Å². The van der Waals surface area contributed by atoms with Crippen LogP contribution in [0.5, 0.6) is 0 Å². The Kier molecular flexibility index (Phi) is 8.48. The van der Waals surface area contributed by atoms with E-state index in [1.807, 2.05) is 19.2 Å². The Morgan fingerprint density at radius 1 is 1.31 bits per heavy atom. The van der Waals surface area contributed by atoms with Gasteiger partial charge in [0.25, 0.3) is 11.6 Å². The average Bonchev–Trinajstić information content (AvgIpc) is 2.58. The summed E-state index contributed by atoms with van der Waals surface area (Å²) < 4.78 is 4.70. The number of nitrogens with one attached hydrogen (secondary N) is 2. The molecule has 2 N–H and O–H groups in total. The van der Waals surface area contributed by atoms with Gasteiger partial charge in [0.2, 0.25) is 0 Å². The Morgan fingerprint density at radius 2 is 2.04 bits per heavy atom. The number of nitro groups is 1. The molecule has 3 amide bonds. The second-order valence-electron chi connectivity index (χ2n) is 5.78. The van der Waals surface area contributed by atoms with E-state index in [4.69, 9.17) is 4.74 Å². The highest BCUT2D eigenvalue weighted by Gasteiger charge is 2.10. The quantitative estimate of drug-likeness (QED) is 0.315. The van der Waals surface area contributed by atoms with E-state index in [1.54, 1.807) is 6.07 Å². The number of urea groups is 1. The molecule has 0 saturated heterocycles. The fourth-order valence-corrected chi connectivity index (χ4v) is 1.77. The highest BCUT2D eigenvalue weighted by atomic mass is 16.6. The van der Waals surface area contributed by atoms with E-state index in [0.717, 1.165) is 12.5 Å². The molecule has 0 aromatic heterocycles. The van der Waals surface area contributed by atoms with Gasteiger partial charge in [0.15, 0.2) is 6.61 Å². The molecule has 1 aromatic carbocycles. The van der Waals surface area contributed by atoms with E-state index >= 15 is 0 Å². The molecular weight excluding hydrogens is 342 g/mol. The molecule has 0 fully saturated rings. The molecule has 0 saturated carbocycles. The molecule has 9 nitrogen and oxygen atoms in total. The summed E-state index contributed by atoms with van der Waals surface area (Å²) in [5, 5.41) is 15.2. The van der Waals surface area contributed by atoms with Gasteiger partial charge in [0.1, 0.15) is 0 Å². The summed E-state index contributed by atoms with van der Waals surface area (Å²) in [7, 11) is 0. The lowest BCUT2D eigenvalue weighted by molar-refractivity contribution is -0.384. The zero-order valence-corrected chi connectivity index (χ0v) is 14.6. The largest absolute Gasteiger partial charge is 0.452 e. The van der Waals surface area contributed by atoms with E-state index in [0.29, 0.717) is 18.0 Å². The van der Waals surface area contributed by atoms with Gasteiger partial charge in [-0.2, -0.15) is 0 Å². The third-order valence-corrected chi connectivity index (χ3v) is 3.10. The molecule has 1 aromatic rings. The Morgan fingerprint density at radius 3 is 2.69 bits per heavy atom. The van der Waals surface area contributed by atoms with E-state index in [1.165, 1.54) is 24.3 Å². The van der Waals surface area contributed by atoms with Crippen LogP contribution in [0.1, 0.15) is 25.8 Å². The first-order valence-corrected chi connectivity index (χ1v) is 7.95. The monoisotopic (exact) mass is 363 g/mol. The van der Waals surface area contributed by atoms with Crippen molar-refractivity contribution in [1.82, 2.24) is 10.6 Å². The lowest BCUT2D eigenvalue weighted by atomic mass is 10.1. The molecule has 9 heteroatoms. The summed E-state index contributed by atoms with van der Waals surface area (Å²) in [4.78, 5) is 44.6. The normalized spacial score (nSPS) is 10.6. The van der Waals surface area contributed by atoms with Crippen LogP contribution in [0.15, 0.2) is 30.3 Å². The smallest absolute Gasteiger partial charge is 0.331 e. The number of imide groups is 1. The van der Waals surface area contributed by atoms with Crippen LogP contribution in [0.3, 0.4) is 0 Å². The number of hydrogen-bond donors (Lipinski definition) is 2. The molecule has 0 unspecified atom stereocenters. The number of carbonyl (C=O) groups is 3. The summed E-state index contributed by atoms with van der Waals surface area (Å²) in [6.07, 6.45) is 3.14. The molecular formula is C17H21N3O6. The van der Waals surface area contributed by atoms with Crippen molar-refractivity contribution in [2.75, 3.05) is 13.2 Å². The highest BCUT2D eigenvalue weighted by Crippen LogP contribution is 2.14. The number of nitro benzene ring substituents is 1. The molecule has 140 valence electrons. The Balaban J connectivity index is 2.37. The molecule has 0 bridgehead atoms. The van der Waals surface area contributed by atoms with Crippen molar-refractivity contribution in [2.24, 2.45) is 5.92 Å². The lowest BCUT2D eigenvalue weighted by Crippen LogP contribution is -2.41. The van der Waals surface area contributed by atoms with Gasteiger partial charge in [0, 0.05) is 24.8 Å². The minimum atomic E-state index is -0.813. The first-order chi connectivity index (χ1) is 12.3. The van der Waals surface area contributed by atoms with Crippen LogP contribution in [0.25, 0.3) is 6.08 Å². The van der Waals surface area contributed by atoms with Gasteiger partial charge in [-0.25, -0.2) is 9.59 Å². The first-order valence-electron chi connectivity index (χ1n) is 7.95. The number of non-ortho nitro benzene ring substituents is 1. The number of esters is 1. The molecule has 0 radical (unpaired) electrons. The highest BCUT2D eigenvalue weighted by molar-refractivity contribution is 5.96. The van der Waals surface area contributed by atoms with Crippen molar-refractivity contribution in [2.45, 2.75) is 20.3 Å². The number of amides is 3. The summed E-state index contributed by atoms with van der Waals surface area (Å²) in [6, 6.07) is 5.02. The third kappa shape index (κ3) is 8.57. The molecule has 0 aliphatic carbocycles. The average molecular weight is 363 g/mol. The third-order valence-electron chi connectivity index (χ3n) is 3.10. The predicted molar refractivity (Wildman–Crippen MR) is 94.1 cm³/mol. The second-order valence-corrected chi connectivity index (χ2v) is 5.78. The van der Waals surface area contributed by atoms with Crippen molar-refractivity contribution in [3.05, 3.63) is 46.0 Å². The van der Waals surface area contributed by atoms with Gasteiger partial charge < -0.3 is 10.1 Å². The summed E-state index contributed by atoms with van der Waals surface area (Å²) >= 11 is 0. The van der Waals surface area contributed by atoms with Gasteiger partial charge >= 0.3 is 12.0 Å². The van der Waals surface area contributed by atoms with Crippen molar-refractivity contribution in [3.63, 3.8) is 0 Å². The van der Waals surface area contributed by atoms with E-state index in [2.05, 4.69) is 5.32 Å². The zero-order chi connectivity index (χ0) is 19.5. The molecule has 0 aliphatic heterocycles. The number of hydrogen-bond acceptors (Lipinski definition) is 6. The number of ether oxygens (including phenoxy) is 1. The van der Waals surface area contributed by atoms with E-state index in [-0.39, 0.29) is 5.69 Å². The van der Waals surface area contributed by atoms with Crippen LogP contribution < -0.4 is 10.6 Å². The number of nitrogens with zero attached hydrogens (tertiary/aromatic N) is 1. The maximum atomic E-state index is 11.5. The van der Waals surface area contributed by atoms with Crippen molar-refractivity contribution in [1.29, 1.82) is 0 Å². The van der Waals surface area contributed by atoms with Crippen LogP contribution in [-0.4, -0.2) is 36.0 Å². The SMILES string of the molecule is CC(C)CCNC(=O)NC(=O)COC(=O)/C=C/c1cccc([N+](=O)[O-])c1. The second kappa shape index (κ2) is 10.6. The maximum absolute atomic E-state index is 11.5. The fourth-order valence-electron chi connectivity index (χ4n) is 1.77. The number of carbonyl (C=O) groups excluding carboxylic acids is 3. The van der Waals surface area contributed by atoms with Crippen molar-refractivity contribution < 1.29 is 24.0 Å². The van der Waals surface area contributed by atoms with Gasteiger partial charge in [-0.15, -0.1) is 0 Å². The summed E-state index contributed by atoms with van der Waals surface area (Å²) in [6.45, 7) is 3.83. The van der Waals surface area contributed by atoms with Crippen LogP contribution in [-0.2, 0) is 14.3 Å². The van der Waals surface area contributed by atoms with Gasteiger partial charge in [-0.1, -0.05) is 26.0 Å². The number of benzene rings is 1. The fraction of sp³-hybridized carbons (Fsp3) is 0.353. The molecule has 0 spiro atoms. The molecule has 1 rings (SSSR count). The molecule has 0 heterocycles. The topological polar surface area (TPSA) is 128 Å². The van der Waals surface area contributed by atoms with E-state index in [9.17, 15) is 24.5 Å². The molecule has 0 atom stereocenters. The van der Waals surface area contributed by atoms with Crippen LogP contribution in [0.2, 0.25) is 0 Å². The summed E-state index contributed by atoms with van der Waals surface area (Å²) in [5.74, 6) is -1.15. The standard InChI is InChI=1S/C17H21N3O6/c1-12(2)8-9-18-17(23)19-15(21)11-26-16(22)7-6-13-4-3-5-14(10-13)20(24)25/h3-7,10,12H,8-9,11H2,1-2H3,(H2,18,19,21,23)/b7-6+. The molecule has 0 aliphatic rings. The first kappa shape index (κ1) is 20.8. The van der Waals surface area contributed by atoms with Gasteiger partial charge in [-0.3, -0.25) is 20.2 Å².